The van der Waals surface area contributed by atoms with E-state index in [2.05, 4.69) is 5.43 Å². The van der Waals surface area contributed by atoms with E-state index in [1.54, 1.807) is 13.0 Å². The fourth-order valence-electron chi connectivity index (χ4n) is 2.36. The summed E-state index contributed by atoms with van der Waals surface area (Å²) in [5.41, 5.74) is 3.03. The molecule has 0 aliphatic carbocycles. The van der Waals surface area contributed by atoms with Crippen LogP contribution in [0, 0.1) is 6.92 Å². The maximum atomic E-state index is 12.4. The van der Waals surface area contributed by atoms with E-state index in [0.29, 0.717) is 11.3 Å². The van der Waals surface area contributed by atoms with E-state index < -0.39 is 11.5 Å². The number of carbonyl (C=O) groups is 1. The molecule has 0 amide bonds. The van der Waals surface area contributed by atoms with E-state index in [4.69, 9.17) is 15.3 Å². The van der Waals surface area contributed by atoms with Gasteiger partial charge in [0, 0.05) is 6.42 Å². The van der Waals surface area contributed by atoms with Gasteiger partial charge in [-0.1, -0.05) is 23.8 Å². The fourth-order valence-corrected chi connectivity index (χ4v) is 2.36. The van der Waals surface area contributed by atoms with Crippen LogP contribution in [0.1, 0.15) is 18.1 Å². The average molecular weight is 360 g/mol. The first-order valence-corrected chi connectivity index (χ1v) is 8.19. The lowest BCUT2D eigenvalue weighted by molar-refractivity contribution is -0.151. The average Bonchev–Trinajstić information content (AvgIpc) is 2.63. The van der Waals surface area contributed by atoms with Gasteiger partial charge in [-0.3, -0.25) is 5.84 Å². The fraction of sp³-hybridized carbons (Fsp3) is 0.316. The predicted molar refractivity (Wildman–Crippen MR) is 96.8 cm³/mol. The van der Waals surface area contributed by atoms with Crippen molar-refractivity contribution in [2.75, 3.05) is 13.2 Å². The standard InChI is InChI=1S/C19H24N2O5/c1-13-3-6-15(7-4-13)25-9-10-26-18(24)19(2,21-20)12-14-5-8-16(22)17(23)11-14/h3-8,11,21-23H,9-10,12,20H2,1-2H3. The summed E-state index contributed by atoms with van der Waals surface area (Å²) in [5, 5.41) is 18.9. The van der Waals surface area contributed by atoms with Crippen LogP contribution in [0.2, 0.25) is 0 Å². The van der Waals surface area contributed by atoms with Gasteiger partial charge in [0.1, 0.15) is 24.5 Å². The van der Waals surface area contributed by atoms with Gasteiger partial charge in [0.05, 0.1) is 0 Å². The molecule has 7 heteroatoms. The summed E-state index contributed by atoms with van der Waals surface area (Å²) >= 11 is 0. The third-order valence-corrected chi connectivity index (χ3v) is 3.97. The topological polar surface area (TPSA) is 114 Å². The van der Waals surface area contributed by atoms with Crippen LogP contribution in [0.4, 0.5) is 0 Å². The number of ether oxygens (including phenoxy) is 2. The SMILES string of the molecule is Cc1ccc(OCCOC(=O)C(C)(Cc2ccc(O)c(O)c2)NN)cc1. The van der Waals surface area contributed by atoms with Gasteiger partial charge in [0.15, 0.2) is 11.5 Å². The number of esters is 1. The Bertz CT molecular complexity index is 748. The van der Waals surface area contributed by atoms with Gasteiger partial charge in [-0.05, 0) is 43.7 Å². The van der Waals surface area contributed by atoms with Crippen molar-refractivity contribution in [2.45, 2.75) is 25.8 Å². The Morgan fingerprint density at radius 1 is 1.12 bits per heavy atom. The van der Waals surface area contributed by atoms with Crippen molar-refractivity contribution in [3.05, 3.63) is 53.6 Å². The largest absolute Gasteiger partial charge is 0.504 e. The first-order valence-electron chi connectivity index (χ1n) is 8.19. The number of aryl methyl sites for hydroxylation is 1. The highest BCUT2D eigenvalue weighted by molar-refractivity contribution is 5.80. The molecular weight excluding hydrogens is 336 g/mol. The van der Waals surface area contributed by atoms with Crippen LogP contribution in [0.3, 0.4) is 0 Å². The molecule has 0 bridgehead atoms. The maximum Gasteiger partial charge on any atom is 0.327 e. The van der Waals surface area contributed by atoms with Gasteiger partial charge < -0.3 is 19.7 Å². The summed E-state index contributed by atoms with van der Waals surface area (Å²) in [6, 6.07) is 11.9. The lowest BCUT2D eigenvalue weighted by Crippen LogP contribution is -2.55. The van der Waals surface area contributed by atoms with Gasteiger partial charge in [0.2, 0.25) is 0 Å². The molecule has 0 radical (unpaired) electrons. The minimum Gasteiger partial charge on any atom is -0.504 e. The zero-order valence-electron chi connectivity index (χ0n) is 14.9. The molecule has 0 aromatic heterocycles. The summed E-state index contributed by atoms with van der Waals surface area (Å²) in [4.78, 5) is 12.4. The highest BCUT2D eigenvalue weighted by atomic mass is 16.6. The summed E-state index contributed by atoms with van der Waals surface area (Å²) in [6.07, 6.45) is 0.176. The Morgan fingerprint density at radius 2 is 1.81 bits per heavy atom. The molecule has 2 rings (SSSR count). The molecule has 0 aliphatic heterocycles. The lowest BCUT2D eigenvalue weighted by atomic mass is 9.93. The third-order valence-electron chi connectivity index (χ3n) is 3.97. The highest BCUT2D eigenvalue weighted by Gasteiger charge is 2.34. The van der Waals surface area contributed by atoms with Gasteiger partial charge in [-0.2, -0.15) is 0 Å². The van der Waals surface area contributed by atoms with Gasteiger partial charge >= 0.3 is 5.97 Å². The quantitative estimate of drug-likeness (QED) is 0.187. The molecule has 0 spiro atoms. The Hall–Kier alpha value is -2.77. The smallest absolute Gasteiger partial charge is 0.327 e. The summed E-state index contributed by atoms with van der Waals surface area (Å²) in [5.74, 6) is 5.21. The Kier molecular flexibility index (Phi) is 6.43. The molecule has 1 unspecified atom stereocenters. The molecule has 2 aromatic rings. The van der Waals surface area contributed by atoms with E-state index in [1.165, 1.54) is 12.1 Å². The van der Waals surface area contributed by atoms with Crippen LogP contribution in [0.15, 0.2) is 42.5 Å². The molecule has 7 nitrogen and oxygen atoms in total. The van der Waals surface area contributed by atoms with Crippen molar-refractivity contribution in [3.8, 4) is 17.2 Å². The van der Waals surface area contributed by atoms with E-state index >= 15 is 0 Å². The van der Waals surface area contributed by atoms with E-state index in [1.807, 2.05) is 31.2 Å². The second-order valence-electron chi connectivity index (χ2n) is 6.27. The Balaban J connectivity index is 1.87. The monoisotopic (exact) mass is 360 g/mol. The van der Waals surface area contributed by atoms with Crippen LogP contribution < -0.4 is 16.0 Å². The van der Waals surface area contributed by atoms with Crippen molar-refractivity contribution in [1.82, 2.24) is 5.43 Å². The molecule has 26 heavy (non-hydrogen) atoms. The maximum absolute atomic E-state index is 12.4. The number of carbonyl (C=O) groups excluding carboxylic acids is 1. The number of hydrogen-bond acceptors (Lipinski definition) is 7. The molecule has 140 valence electrons. The van der Waals surface area contributed by atoms with Gasteiger partial charge in [-0.15, -0.1) is 0 Å². The van der Waals surface area contributed by atoms with E-state index in [9.17, 15) is 15.0 Å². The summed E-state index contributed by atoms with van der Waals surface area (Å²) < 4.78 is 10.8. The molecule has 1 atom stereocenters. The van der Waals surface area contributed by atoms with Crippen molar-refractivity contribution >= 4 is 5.97 Å². The molecule has 0 saturated heterocycles. The second-order valence-corrected chi connectivity index (χ2v) is 6.27. The minimum atomic E-state index is -1.19. The Morgan fingerprint density at radius 3 is 2.42 bits per heavy atom. The molecule has 0 saturated carbocycles. The zero-order valence-corrected chi connectivity index (χ0v) is 14.9. The predicted octanol–water partition coefficient (Wildman–Crippen LogP) is 1.79. The number of benzene rings is 2. The van der Waals surface area contributed by atoms with Crippen LogP contribution >= 0.6 is 0 Å². The summed E-state index contributed by atoms with van der Waals surface area (Å²) in [6.45, 7) is 3.88. The normalized spacial score (nSPS) is 13.0. The third kappa shape index (κ3) is 5.11. The number of phenolic OH excluding ortho intramolecular Hbond substituents is 2. The van der Waals surface area contributed by atoms with Gasteiger partial charge in [-0.25, -0.2) is 10.2 Å². The highest BCUT2D eigenvalue weighted by Crippen LogP contribution is 2.27. The number of nitrogens with two attached hydrogens (primary N) is 1. The Labute approximate surface area is 152 Å². The van der Waals surface area contributed by atoms with Crippen molar-refractivity contribution < 1.29 is 24.5 Å². The number of hydrogen-bond donors (Lipinski definition) is 4. The van der Waals surface area contributed by atoms with Gasteiger partial charge in [0.25, 0.3) is 0 Å². The van der Waals surface area contributed by atoms with Crippen LogP contribution in [-0.4, -0.2) is 34.9 Å². The van der Waals surface area contributed by atoms with Crippen LogP contribution in [0.25, 0.3) is 0 Å². The van der Waals surface area contributed by atoms with Crippen LogP contribution in [-0.2, 0) is 16.0 Å². The number of phenols is 2. The molecular formula is C19H24N2O5. The minimum absolute atomic E-state index is 0.0742. The summed E-state index contributed by atoms with van der Waals surface area (Å²) in [7, 11) is 0. The number of hydrazine groups is 1. The van der Waals surface area contributed by atoms with E-state index in [0.717, 1.165) is 5.56 Å². The first kappa shape index (κ1) is 19.6. The molecule has 0 fully saturated rings. The molecule has 0 heterocycles. The first-order chi connectivity index (χ1) is 12.3. The van der Waals surface area contributed by atoms with Crippen molar-refractivity contribution in [1.29, 1.82) is 0 Å². The number of rotatable bonds is 8. The van der Waals surface area contributed by atoms with Crippen molar-refractivity contribution in [2.24, 2.45) is 5.84 Å². The van der Waals surface area contributed by atoms with Crippen LogP contribution in [0.5, 0.6) is 17.2 Å². The van der Waals surface area contributed by atoms with Crippen molar-refractivity contribution in [3.63, 3.8) is 0 Å². The number of nitrogens with one attached hydrogen (secondary N) is 1. The van der Waals surface area contributed by atoms with E-state index in [-0.39, 0.29) is 31.1 Å². The second kappa shape index (κ2) is 8.55. The molecule has 0 aliphatic rings. The molecule has 5 N–H and O–H groups in total. The lowest BCUT2D eigenvalue weighted by Gasteiger charge is -2.26. The zero-order chi connectivity index (χ0) is 19.2. The number of aromatic hydroxyl groups is 2. The molecule has 2 aromatic carbocycles.